The number of nitro benzene ring substituents is 1. The highest BCUT2D eigenvalue weighted by Crippen LogP contribution is 2.36. The molecule has 9 nitrogen and oxygen atoms in total. The molecule has 172 valence electrons. The van der Waals surface area contributed by atoms with Gasteiger partial charge in [-0.15, -0.1) is 0 Å². The predicted octanol–water partition coefficient (Wildman–Crippen LogP) is 4.96. The van der Waals surface area contributed by atoms with Crippen LogP contribution in [0.1, 0.15) is 0 Å². The highest BCUT2D eigenvalue weighted by molar-refractivity contribution is 6.32. The van der Waals surface area contributed by atoms with Crippen LogP contribution in [0.15, 0.2) is 54.6 Å². The summed E-state index contributed by atoms with van der Waals surface area (Å²) in [5.41, 5.74) is 1.37. The first-order chi connectivity index (χ1) is 15.9. The smallest absolute Gasteiger partial charge is 0.270 e. The van der Waals surface area contributed by atoms with Crippen molar-refractivity contribution in [1.82, 2.24) is 0 Å². The summed E-state index contributed by atoms with van der Waals surface area (Å²) < 4.78 is 21.3. The number of carbonyl (C=O) groups excluding carboxylic acids is 1. The van der Waals surface area contributed by atoms with E-state index in [-0.39, 0.29) is 12.3 Å². The Bertz CT molecular complexity index is 1170. The van der Waals surface area contributed by atoms with Crippen molar-refractivity contribution in [3.8, 4) is 34.1 Å². The van der Waals surface area contributed by atoms with E-state index in [9.17, 15) is 14.9 Å². The lowest BCUT2D eigenvalue weighted by Crippen LogP contribution is -2.20. The van der Waals surface area contributed by atoms with Gasteiger partial charge >= 0.3 is 0 Å². The van der Waals surface area contributed by atoms with Crippen molar-refractivity contribution in [2.75, 3.05) is 33.3 Å². The number of anilines is 1. The van der Waals surface area contributed by atoms with Crippen LogP contribution in [0.2, 0.25) is 5.02 Å². The second-order valence-electron chi connectivity index (χ2n) is 6.69. The van der Waals surface area contributed by atoms with E-state index >= 15 is 0 Å². The molecule has 33 heavy (non-hydrogen) atoms. The number of non-ortho nitro benzene ring substituents is 1. The highest BCUT2D eigenvalue weighted by atomic mass is 35.5. The van der Waals surface area contributed by atoms with E-state index in [0.717, 1.165) is 0 Å². The minimum absolute atomic E-state index is 0.102. The number of nitro groups is 1. The van der Waals surface area contributed by atoms with Crippen LogP contribution in [-0.4, -0.2) is 38.8 Å². The molecule has 1 amide bonds. The zero-order valence-corrected chi connectivity index (χ0v) is 18.8. The van der Waals surface area contributed by atoms with Gasteiger partial charge in [-0.1, -0.05) is 23.7 Å². The maximum absolute atomic E-state index is 12.5. The van der Waals surface area contributed by atoms with Gasteiger partial charge in [-0.2, -0.15) is 0 Å². The number of hydrogen-bond donors (Lipinski definition) is 1. The summed E-state index contributed by atoms with van der Waals surface area (Å²) in [5, 5.41) is 14.2. The molecule has 0 heterocycles. The molecule has 0 aliphatic heterocycles. The minimum atomic E-state index is -0.497. The number of methoxy groups -OCH3 is 3. The van der Waals surface area contributed by atoms with Gasteiger partial charge in [0.2, 0.25) is 0 Å². The van der Waals surface area contributed by atoms with Crippen molar-refractivity contribution in [3.05, 3.63) is 69.7 Å². The molecule has 0 aliphatic carbocycles. The molecule has 0 aromatic heterocycles. The fourth-order valence-electron chi connectivity index (χ4n) is 3.04. The van der Waals surface area contributed by atoms with Crippen molar-refractivity contribution in [2.45, 2.75) is 0 Å². The van der Waals surface area contributed by atoms with E-state index in [1.54, 1.807) is 37.4 Å². The fraction of sp³-hybridized carbons (Fsp3) is 0.174. The molecule has 3 aromatic rings. The molecule has 10 heteroatoms. The monoisotopic (exact) mass is 472 g/mol. The van der Waals surface area contributed by atoms with Gasteiger partial charge in [-0.25, -0.2) is 0 Å². The number of amides is 1. The standard InChI is InChI=1S/C23H21ClN2O7/c1-30-16-7-4-14(5-8-16)17-10-15(26(28)29)6-9-20(17)33-13-23(27)25-19-11-18(24)21(31-2)12-22(19)32-3/h4-12H,13H2,1-3H3,(H,25,27). The molecule has 0 unspecified atom stereocenters. The molecule has 0 spiro atoms. The Morgan fingerprint density at radius 2 is 1.64 bits per heavy atom. The quantitative estimate of drug-likeness (QED) is 0.346. The van der Waals surface area contributed by atoms with Crippen LogP contribution in [0.5, 0.6) is 23.0 Å². The molecule has 0 atom stereocenters. The molecule has 3 aromatic carbocycles. The summed E-state index contributed by atoms with van der Waals surface area (Å²) >= 11 is 6.14. The summed E-state index contributed by atoms with van der Waals surface area (Å²) in [5.74, 6) is 1.23. The minimum Gasteiger partial charge on any atom is -0.497 e. The Kier molecular flexibility index (Phi) is 7.57. The second kappa shape index (κ2) is 10.6. The third-order valence-electron chi connectivity index (χ3n) is 4.68. The number of nitrogens with zero attached hydrogens (tertiary/aromatic N) is 1. The summed E-state index contributed by atoms with van der Waals surface area (Å²) in [6.07, 6.45) is 0. The third-order valence-corrected chi connectivity index (χ3v) is 4.98. The molecule has 0 saturated carbocycles. The largest absolute Gasteiger partial charge is 0.497 e. The average Bonchev–Trinajstić information content (AvgIpc) is 2.82. The highest BCUT2D eigenvalue weighted by Gasteiger charge is 2.16. The number of ether oxygens (including phenoxy) is 4. The lowest BCUT2D eigenvalue weighted by Gasteiger charge is -2.14. The normalized spacial score (nSPS) is 10.3. The van der Waals surface area contributed by atoms with Crippen LogP contribution >= 0.6 is 11.6 Å². The maximum Gasteiger partial charge on any atom is 0.270 e. The van der Waals surface area contributed by atoms with Gasteiger partial charge in [0.1, 0.15) is 23.0 Å². The molecular formula is C23H21ClN2O7. The number of halogens is 1. The lowest BCUT2D eigenvalue weighted by molar-refractivity contribution is -0.384. The Balaban J connectivity index is 1.81. The van der Waals surface area contributed by atoms with Crippen molar-refractivity contribution in [2.24, 2.45) is 0 Å². The van der Waals surface area contributed by atoms with Gasteiger partial charge in [0.05, 0.1) is 37.0 Å². The van der Waals surface area contributed by atoms with Crippen molar-refractivity contribution in [1.29, 1.82) is 0 Å². The topological polar surface area (TPSA) is 109 Å². The number of rotatable bonds is 9. The predicted molar refractivity (Wildman–Crippen MR) is 124 cm³/mol. The molecular weight excluding hydrogens is 452 g/mol. The molecule has 0 radical (unpaired) electrons. The van der Waals surface area contributed by atoms with Crippen LogP contribution in [0.4, 0.5) is 11.4 Å². The molecule has 0 saturated heterocycles. The molecule has 0 aliphatic rings. The second-order valence-corrected chi connectivity index (χ2v) is 7.10. The van der Waals surface area contributed by atoms with E-state index in [0.29, 0.717) is 44.8 Å². The first-order valence-corrected chi connectivity index (χ1v) is 10.0. The zero-order valence-electron chi connectivity index (χ0n) is 18.1. The van der Waals surface area contributed by atoms with Gasteiger partial charge in [-0.05, 0) is 29.8 Å². The molecule has 0 fully saturated rings. The number of carbonyl (C=O) groups is 1. The van der Waals surface area contributed by atoms with Crippen LogP contribution in [0.3, 0.4) is 0 Å². The third kappa shape index (κ3) is 5.64. The van der Waals surface area contributed by atoms with Crippen LogP contribution < -0.4 is 24.3 Å². The summed E-state index contributed by atoms with van der Waals surface area (Å²) in [6, 6.07) is 14.2. The van der Waals surface area contributed by atoms with E-state index in [1.807, 2.05) is 0 Å². The fourth-order valence-corrected chi connectivity index (χ4v) is 3.28. The first-order valence-electron chi connectivity index (χ1n) is 9.63. The van der Waals surface area contributed by atoms with E-state index in [2.05, 4.69) is 5.32 Å². The van der Waals surface area contributed by atoms with Crippen molar-refractivity contribution >= 4 is 28.9 Å². The van der Waals surface area contributed by atoms with Crippen LogP contribution in [-0.2, 0) is 4.79 Å². The van der Waals surface area contributed by atoms with E-state index < -0.39 is 10.8 Å². The first kappa shape index (κ1) is 23.7. The van der Waals surface area contributed by atoms with Gasteiger partial charge in [-0.3, -0.25) is 14.9 Å². The van der Waals surface area contributed by atoms with E-state index in [4.69, 9.17) is 30.5 Å². The van der Waals surface area contributed by atoms with E-state index in [1.165, 1.54) is 38.5 Å². The van der Waals surface area contributed by atoms with Gasteiger partial charge in [0.15, 0.2) is 6.61 Å². The lowest BCUT2D eigenvalue weighted by atomic mass is 10.0. The Hall–Kier alpha value is -3.98. The average molecular weight is 473 g/mol. The summed E-state index contributed by atoms with van der Waals surface area (Å²) in [7, 11) is 4.46. The molecule has 3 rings (SSSR count). The van der Waals surface area contributed by atoms with Gasteiger partial charge < -0.3 is 24.3 Å². The molecule has 1 N–H and O–H groups in total. The van der Waals surface area contributed by atoms with Crippen LogP contribution in [0.25, 0.3) is 11.1 Å². The number of benzene rings is 3. The Labute approximate surface area is 194 Å². The van der Waals surface area contributed by atoms with Crippen molar-refractivity contribution in [3.63, 3.8) is 0 Å². The Morgan fingerprint density at radius 1 is 0.939 bits per heavy atom. The maximum atomic E-state index is 12.5. The number of hydrogen-bond acceptors (Lipinski definition) is 7. The van der Waals surface area contributed by atoms with Gasteiger partial charge in [0.25, 0.3) is 11.6 Å². The molecule has 0 bridgehead atoms. The number of nitrogens with one attached hydrogen (secondary N) is 1. The van der Waals surface area contributed by atoms with Crippen molar-refractivity contribution < 1.29 is 28.7 Å². The summed E-state index contributed by atoms with van der Waals surface area (Å²) in [6.45, 7) is -0.353. The van der Waals surface area contributed by atoms with Gasteiger partial charge in [0, 0.05) is 23.8 Å². The van der Waals surface area contributed by atoms with Crippen LogP contribution in [0, 0.1) is 10.1 Å². The Morgan fingerprint density at radius 3 is 2.24 bits per heavy atom. The summed E-state index contributed by atoms with van der Waals surface area (Å²) in [4.78, 5) is 23.3. The zero-order chi connectivity index (χ0) is 24.0. The SMILES string of the molecule is COc1ccc(-c2cc([N+](=O)[O-])ccc2OCC(=O)Nc2cc(Cl)c(OC)cc2OC)cc1.